The van der Waals surface area contributed by atoms with Crippen molar-refractivity contribution in [1.29, 1.82) is 0 Å². The number of hydrogen-bond donors (Lipinski definition) is 0. The molecule has 1 saturated heterocycles. The van der Waals surface area contributed by atoms with Crippen molar-refractivity contribution in [3.63, 3.8) is 0 Å². The van der Waals surface area contributed by atoms with Crippen LogP contribution in [0, 0.1) is 5.92 Å². The molecule has 1 aromatic rings. The Kier molecular flexibility index (Phi) is 5.71. The first-order chi connectivity index (χ1) is 8.38. The van der Waals surface area contributed by atoms with Crippen molar-refractivity contribution in [3.05, 3.63) is 16.1 Å². The minimum atomic E-state index is 0.509. The summed E-state index contributed by atoms with van der Waals surface area (Å²) in [4.78, 5) is 4.41. The van der Waals surface area contributed by atoms with E-state index in [0.29, 0.717) is 11.8 Å². The minimum Gasteiger partial charge on any atom is -0.381 e. The molecule has 0 spiro atoms. The van der Waals surface area contributed by atoms with Gasteiger partial charge in [0.1, 0.15) is 0 Å². The summed E-state index contributed by atoms with van der Waals surface area (Å²) in [5.74, 6) is 1.12. The molecule has 0 radical (unpaired) electrons. The molecule has 5 heteroatoms. The number of nitrogens with zero attached hydrogens (tertiary/aromatic N) is 1. The molecule has 1 fully saturated rings. The van der Waals surface area contributed by atoms with Gasteiger partial charge < -0.3 is 9.47 Å². The second kappa shape index (κ2) is 7.31. The summed E-state index contributed by atoms with van der Waals surface area (Å²) in [6.45, 7) is 3.41. The molecule has 0 bridgehead atoms. The van der Waals surface area contributed by atoms with Gasteiger partial charge in [0.2, 0.25) is 0 Å². The summed E-state index contributed by atoms with van der Waals surface area (Å²) in [6.07, 6.45) is 3.16. The van der Waals surface area contributed by atoms with Crippen molar-refractivity contribution >= 4 is 22.9 Å². The standard InChI is InChI=1S/C12H18ClNO2S/c13-6-11-9-17-12(14-11)2-1-4-15-7-10-3-5-16-8-10/h9-10H,1-8H2. The Balaban J connectivity index is 1.53. The highest BCUT2D eigenvalue weighted by Crippen LogP contribution is 2.14. The first-order valence-corrected chi connectivity index (χ1v) is 7.44. The van der Waals surface area contributed by atoms with Crippen LogP contribution in [-0.4, -0.2) is 31.4 Å². The van der Waals surface area contributed by atoms with E-state index in [9.17, 15) is 0 Å². The molecule has 0 aromatic carbocycles. The largest absolute Gasteiger partial charge is 0.381 e. The van der Waals surface area contributed by atoms with Crippen LogP contribution in [0.2, 0.25) is 0 Å². The topological polar surface area (TPSA) is 31.4 Å². The third-order valence-electron chi connectivity index (χ3n) is 2.79. The summed E-state index contributed by atoms with van der Waals surface area (Å²) in [7, 11) is 0. The van der Waals surface area contributed by atoms with Crippen molar-refractivity contribution in [2.75, 3.05) is 26.4 Å². The van der Waals surface area contributed by atoms with Crippen LogP contribution >= 0.6 is 22.9 Å². The molecule has 1 aliphatic rings. The number of thiazole rings is 1. The highest BCUT2D eigenvalue weighted by Gasteiger charge is 2.15. The van der Waals surface area contributed by atoms with Gasteiger partial charge in [0, 0.05) is 30.9 Å². The Labute approximate surface area is 111 Å². The molecule has 1 atom stereocenters. The Hall–Kier alpha value is -0.160. The van der Waals surface area contributed by atoms with Crippen molar-refractivity contribution in [2.24, 2.45) is 5.92 Å². The van der Waals surface area contributed by atoms with Crippen LogP contribution in [-0.2, 0) is 21.8 Å². The van der Waals surface area contributed by atoms with Crippen LogP contribution in [0.5, 0.6) is 0 Å². The highest BCUT2D eigenvalue weighted by molar-refractivity contribution is 7.09. The van der Waals surface area contributed by atoms with Crippen molar-refractivity contribution in [2.45, 2.75) is 25.1 Å². The number of aryl methyl sites for hydroxylation is 1. The molecule has 1 unspecified atom stereocenters. The lowest BCUT2D eigenvalue weighted by atomic mass is 10.1. The predicted molar refractivity (Wildman–Crippen MR) is 69.7 cm³/mol. The minimum absolute atomic E-state index is 0.509. The SMILES string of the molecule is ClCc1csc(CCCOCC2CCOC2)n1. The van der Waals surface area contributed by atoms with E-state index in [4.69, 9.17) is 21.1 Å². The van der Waals surface area contributed by atoms with Gasteiger partial charge in [-0.25, -0.2) is 4.98 Å². The fourth-order valence-corrected chi connectivity index (χ4v) is 2.88. The van der Waals surface area contributed by atoms with Crippen molar-refractivity contribution in [1.82, 2.24) is 4.98 Å². The monoisotopic (exact) mass is 275 g/mol. The Bertz CT molecular complexity index is 326. The van der Waals surface area contributed by atoms with E-state index in [1.165, 1.54) is 0 Å². The van der Waals surface area contributed by atoms with Gasteiger partial charge in [0.05, 0.1) is 29.8 Å². The molecule has 1 aromatic heterocycles. The number of hydrogen-bond acceptors (Lipinski definition) is 4. The second-order valence-corrected chi connectivity index (χ2v) is 5.48. The Morgan fingerprint density at radius 1 is 1.59 bits per heavy atom. The maximum Gasteiger partial charge on any atom is 0.0929 e. The zero-order chi connectivity index (χ0) is 11.9. The third-order valence-corrected chi connectivity index (χ3v) is 4.02. The average Bonchev–Trinajstić information content (AvgIpc) is 2.99. The van der Waals surface area contributed by atoms with Crippen LogP contribution in [0.15, 0.2) is 5.38 Å². The molecule has 0 saturated carbocycles. The van der Waals surface area contributed by atoms with E-state index < -0.39 is 0 Å². The van der Waals surface area contributed by atoms with E-state index in [-0.39, 0.29) is 0 Å². The lowest BCUT2D eigenvalue weighted by Crippen LogP contribution is -2.10. The Morgan fingerprint density at radius 2 is 2.53 bits per heavy atom. The third kappa shape index (κ3) is 4.54. The molecule has 2 heterocycles. The van der Waals surface area contributed by atoms with Gasteiger partial charge in [-0.1, -0.05) is 0 Å². The molecular formula is C12H18ClNO2S. The summed E-state index contributed by atoms with van der Waals surface area (Å²) in [6, 6.07) is 0. The first-order valence-electron chi connectivity index (χ1n) is 6.03. The van der Waals surface area contributed by atoms with Gasteiger partial charge in [-0.15, -0.1) is 22.9 Å². The van der Waals surface area contributed by atoms with Crippen LogP contribution in [0.3, 0.4) is 0 Å². The maximum atomic E-state index is 5.70. The molecular weight excluding hydrogens is 258 g/mol. The lowest BCUT2D eigenvalue weighted by molar-refractivity contribution is 0.0884. The predicted octanol–water partition coefficient (Wildman–Crippen LogP) is 2.87. The number of rotatable bonds is 7. The van der Waals surface area contributed by atoms with E-state index >= 15 is 0 Å². The molecule has 96 valence electrons. The zero-order valence-electron chi connectivity index (χ0n) is 9.86. The van der Waals surface area contributed by atoms with Gasteiger partial charge in [0.25, 0.3) is 0 Å². The van der Waals surface area contributed by atoms with Gasteiger partial charge in [-0.05, 0) is 12.8 Å². The lowest BCUT2D eigenvalue weighted by Gasteiger charge is -2.07. The van der Waals surface area contributed by atoms with Crippen LogP contribution in [0.25, 0.3) is 0 Å². The van der Waals surface area contributed by atoms with Crippen LogP contribution < -0.4 is 0 Å². The van der Waals surface area contributed by atoms with E-state index in [1.54, 1.807) is 11.3 Å². The van der Waals surface area contributed by atoms with Gasteiger partial charge >= 0.3 is 0 Å². The van der Waals surface area contributed by atoms with E-state index in [1.807, 2.05) is 5.38 Å². The summed E-state index contributed by atoms with van der Waals surface area (Å²) >= 11 is 7.39. The average molecular weight is 276 g/mol. The number of ether oxygens (including phenoxy) is 2. The fraction of sp³-hybridized carbons (Fsp3) is 0.750. The molecule has 3 nitrogen and oxygen atoms in total. The molecule has 1 aliphatic heterocycles. The van der Waals surface area contributed by atoms with Crippen molar-refractivity contribution < 1.29 is 9.47 Å². The molecule has 2 rings (SSSR count). The van der Waals surface area contributed by atoms with Gasteiger partial charge in [-0.2, -0.15) is 0 Å². The summed E-state index contributed by atoms with van der Waals surface area (Å²) in [5, 5.41) is 3.19. The molecule has 0 N–H and O–H groups in total. The van der Waals surface area contributed by atoms with Crippen LogP contribution in [0.4, 0.5) is 0 Å². The Morgan fingerprint density at radius 3 is 3.24 bits per heavy atom. The quantitative estimate of drug-likeness (QED) is 0.566. The van der Waals surface area contributed by atoms with Gasteiger partial charge in [-0.3, -0.25) is 0 Å². The number of aromatic nitrogens is 1. The van der Waals surface area contributed by atoms with Gasteiger partial charge in [0.15, 0.2) is 0 Å². The molecule has 0 amide bonds. The maximum absolute atomic E-state index is 5.70. The number of halogens is 1. The van der Waals surface area contributed by atoms with E-state index in [2.05, 4.69) is 4.98 Å². The van der Waals surface area contributed by atoms with Crippen LogP contribution in [0.1, 0.15) is 23.5 Å². The summed E-state index contributed by atoms with van der Waals surface area (Å²) in [5.41, 5.74) is 0.982. The first kappa shape index (κ1) is 13.3. The second-order valence-electron chi connectivity index (χ2n) is 4.27. The summed E-state index contributed by atoms with van der Waals surface area (Å²) < 4.78 is 10.9. The molecule has 17 heavy (non-hydrogen) atoms. The molecule has 0 aliphatic carbocycles. The smallest absolute Gasteiger partial charge is 0.0929 e. The number of alkyl halides is 1. The zero-order valence-corrected chi connectivity index (χ0v) is 11.4. The normalized spacial score (nSPS) is 19.9. The highest BCUT2D eigenvalue weighted by atomic mass is 35.5. The fourth-order valence-electron chi connectivity index (χ4n) is 1.82. The van der Waals surface area contributed by atoms with E-state index in [0.717, 1.165) is 56.4 Å². The van der Waals surface area contributed by atoms with Crippen molar-refractivity contribution in [3.8, 4) is 0 Å².